The lowest BCUT2D eigenvalue weighted by atomic mass is 10.1. The zero-order valence-electron chi connectivity index (χ0n) is 10.8. The number of pyridine rings is 2. The number of nitrogens with zero attached hydrogens (tertiary/aromatic N) is 3. The molecule has 5 heteroatoms. The maximum atomic E-state index is 5.39. The van der Waals surface area contributed by atoms with Crippen molar-refractivity contribution < 1.29 is 0 Å². The van der Waals surface area contributed by atoms with E-state index in [9.17, 15) is 0 Å². The average molecular weight is 270 g/mol. The number of aromatic nitrogens is 4. The highest BCUT2D eigenvalue weighted by Crippen LogP contribution is 2.16. The van der Waals surface area contributed by atoms with Crippen LogP contribution in [0.5, 0.6) is 0 Å². The maximum Gasteiger partial charge on any atom is 0.179 e. The molecule has 0 radical (unpaired) electrons. The number of H-pyrrole nitrogens is 1. The summed E-state index contributed by atoms with van der Waals surface area (Å²) in [5.74, 6) is 0. The minimum Gasteiger partial charge on any atom is -0.329 e. The van der Waals surface area contributed by atoms with Crippen LogP contribution in [0, 0.1) is 18.6 Å². The van der Waals surface area contributed by atoms with E-state index < -0.39 is 0 Å². The summed E-state index contributed by atoms with van der Waals surface area (Å²) in [6.45, 7) is 4.79. The number of hydrogen-bond acceptors (Lipinski definition) is 3. The Morgan fingerprint density at radius 2 is 2.16 bits per heavy atom. The Labute approximate surface area is 116 Å². The van der Waals surface area contributed by atoms with Gasteiger partial charge in [0.2, 0.25) is 0 Å². The Kier molecular flexibility index (Phi) is 2.91. The van der Waals surface area contributed by atoms with Gasteiger partial charge in [-0.2, -0.15) is 0 Å². The molecular weight excluding hydrogens is 256 g/mol. The normalized spacial score (nSPS) is 11.1. The van der Waals surface area contributed by atoms with Crippen LogP contribution in [0.4, 0.5) is 0 Å². The van der Waals surface area contributed by atoms with E-state index in [0.717, 1.165) is 22.3 Å². The van der Waals surface area contributed by atoms with E-state index in [4.69, 9.17) is 12.2 Å². The molecule has 0 saturated heterocycles. The Bertz CT molecular complexity index is 801. The summed E-state index contributed by atoms with van der Waals surface area (Å²) in [6, 6.07) is 4.07. The molecule has 0 aliphatic rings. The van der Waals surface area contributed by atoms with Crippen molar-refractivity contribution in [1.29, 1.82) is 0 Å². The molecule has 0 spiro atoms. The van der Waals surface area contributed by atoms with Crippen molar-refractivity contribution in [3.63, 3.8) is 0 Å². The topological polar surface area (TPSA) is 46.5 Å². The number of nitrogens with one attached hydrogen (secondary N) is 1. The fourth-order valence-corrected chi connectivity index (χ4v) is 2.39. The van der Waals surface area contributed by atoms with Crippen LogP contribution in [0.3, 0.4) is 0 Å². The molecule has 3 aromatic heterocycles. The van der Waals surface area contributed by atoms with Crippen LogP contribution in [0.25, 0.3) is 11.2 Å². The van der Waals surface area contributed by atoms with E-state index in [1.807, 2.05) is 30.0 Å². The van der Waals surface area contributed by atoms with Gasteiger partial charge in [-0.15, -0.1) is 0 Å². The lowest BCUT2D eigenvalue weighted by Crippen LogP contribution is -2.03. The summed E-state index contributed by atoms with van der Waals surface area (Å²) >= 11 is 5.39. The van der Waals surface area contributed by atoms with Crippen LogP contribution in [0.1, 0.15) is 16.7 Å². The van der Waals surface area contributed by atoms with Gasteiger partial charge in [0.25, 0.3) is 0 Å². The summed E-state index contributed by atoms with van der Waals surface area (Å²) < 4.78 is 2.70. The standard InChI is InChI=1S/C14H14N4S/c1-9-5-12-13(16-6-9)18(14(19)17-12)8-11-7-15-4-3-10(11)2/h3-7H,8H2,1-2H3,(H,17,19). The zero-order chi connectivity index (χ0) is 13.4. The van der Waals surface area contributed by atoms with Gasteiger partial charge in [-0.05, 0) is 54.9 Å². The maximum absolute atomic E-state index is 5.39. The van der Waals surface area contributed by atoms with Gasteiger partial charge in [0, 0.05) is 18.6 Å². The van der Waals surface area contributed by atoms with Crippen molar-refractivity contribution in [2.45, 2.75) is 20.4 Å². The number of rotatable bonds is 2. The largest absolute Gasteiger partial charge is 0.329 e. The van der Waals surface area contributed by atoms with Crippen LogP contribution in [-0.2, 0) is 6.54 Å². The van der Waals surface area contributed by atoms with E-state index in [2.05, 4.69) is 27.9 Å². The van der Waals surface area contributed by atoms with Gasteiger partial charge in [0.15, 0.2) is 10.4 Å². The molecule has 3 rings (SSSR count). The number of fused-ring (bicyclic) bond motifs is 1. The molecule has 0 bridgehead atoms. The molecule has 0 atom stereocenters. The van der Waals surface area contributed by atoms with Gasteiger partial charge in [-0.25, -0.2) is 4.98 Å². The minimum absolute atomic E-state index is 0.689. The van der Waals surface area contributed by atoms with Crippen molar-refractivity contribution in [3.05, 3.63) is 52.2 Å². The molecule has 96 valence electrons. The summed E-state index contributed by atoms with van der Waals surface area (Å²) in [5, 5.41) is 0. The third kappa shape index (κ3) is 2.17. The fraction of sp³-hybridized carbons (Fsp3) is 0.214. The zero-order valence-corrected chi connectivity index (χ0v) is 11.7. The Balaban J connectivity index is 2.13. The van der Waals surface area contributed by atoms with Gasteiger partial charge >= 0.3 is 0 Å². The van der Waals surface area contributed by atoms with Crippen molar-refractivity contribution in [1.82, 2.24) is 19.5 Å². The smallest absolute Gasteiger partial charge is 0.179 e. The van der Waals surface area contributed by atoms with Crippen molar-refractivity contribution in [3.8, 4) is 0 Å². The van der Waals surface area contributed by atoms with Gasteiger partial charge in [0.05, 0.1) is 12.1 Å². The predicted octanol–water partition coefficient (Wildman–Crippen LogP) is 3.15. The highest BCUT2D eigenvalue weighted by molar-refractivity contribution is 7.71. The summed E-state index contributed by atoms with van der Waals surface area (Å²) in [5.41, 5.74) is 5.35. The lowest BCUT2D eigenvalue weighted by molar-refractivity contribution is 0.791. The van der Waals surface area contributed by atoms with Crippen LogP contribution in [-0.4, -0.2) is 19.5 Å². The number of hydrogen-bond donors (Lipinski definition) is 1. The van der Waals surface area contributed by atoms with Crippen LogP contribution >= 0.6 is 12.2 Å². The number of aryl methyl sites for hydroxylation is 2. The SMILES string of the molecule is Cc1cnc2c(c1)[nH]c(=S)n2Cc1cnccc1C. The second-order valence-electron chi connectivity index (χ2n) is 4.70. The molecule has 3 heterocycles. The van der Waals surface area contributed by atoms with Crippen LogP contribution < -0.4 is 0 Å². The quantitative estimate of drug-likeness (QED) is 0.728. The van der Waals surface area contributed by atoms with Gasteiger partial charge in [-0.1, -0.05) is 0 Å². The monoisotopic (exact) mass is 270 g/mol. The first-order valence-electron chi connectivity index (χ1n) is 6.10. The molecule has 0 unspecified atom stereocenters. The molecule has 1 N–H and O–H groups in total. The van der Waals surface area contributed by atoms with Gasteiger partial charge in [-0.3, -0.25) is 9.55 Å². The first-order chi connectivity index (χ1) is 9.15. The van der Waals surface area contributed by atoms with Crippen molar-refractivity contribution in [2.75, 3.05) is 0 Å². The first-order valence-corrected chi connectivity index (χ1v) is 6.50. The third-order valence-corrected chi connectivity index (χ3v) is 3.54. The van der Waals surface area contributed by atoms with E-state index in [-0.39, 0.29) is 0 Å². The second-order valence-corrected chi connectivity index (χ2v) is 5.09. The van der Waals surface area contributed by atoms with E-state index in [1.54, 1.807) is 6.20 Å². The minimum atomic E-state index is 0.689. The molecule has 0 saturated carbocycles. The highest BCUT2D eigenvalue weighted by atomic mass is 32.1. The van der Waals surface area contributed by atoms with Crippen LogP contribution in [0.15, 0.2) is 30.7 Å². The molecule has 0 fully saturated rings. The van der Waals surface area contributed by atoms with Crippen molar-refractivity contribution >= 4 is 23.4 Å². The van der Waals surface area contributed by atoms with E-state index in [1.165, 1.54) is 5.56 Å². The summed E-state index contributed by atoms with van der Waals surface area (Å²) in [6.07, 6.45) is 5.54. The number of imidazole rings is 1. The third-order valence-electron chi connectivity index (χ3n) is 3.22. The summed E-state index contributed by atoms with van der Waals surface area (Å²) in [4.78, 5) is 11.8. The predicted molar refractivity (Wildman–Crippen MR) is 77.7 cm³/mol. The molecule has 0 aromatic carbocycles. The molecule has 4 nitrogen and oxygen atoms in total. The molecule has 0 aliphatic heterocycles. The molecular formula is C14H14N4S. The highest BCUT2D eigenvalue weighted by Gasteiger charge is 2.07. The summed E-state index contributed by atoms with van der Waals surface area (Å²) in [7, 11) is 0. The van der Waals surface area contributed by atoms with Gasteiger partial charge < -0.3 is 4.98 Å². The fourth-order valence-electron chi connectivity index (χ4n) is 2.13. The Morgan fingerprint density at radius 3 is 2.95 bits per heavy atom. The first kappa shape index (κ1) is 12.0. The number of aromatic amines is 1. The Morgan fingerprint density at radius 1 is 1.32 bits per heavy atom. The molecule has 0 amide bonds. The van der Waals surface area contributed by atoms with Crippen molar-refractivity contribution in [2.24, 2.45) is 0 Å². The van der Waals surface area contributed by atoms with E-state index >= 15 is 0 Å². The average Bonchev–Trinajstić information content (AvgIpc) is 2.68. The molecule has 3 aromatic rings. The van der Waals surface area contributed by atoms with E-state index in [0.29, 0.717) is 11.3 Å². The molecule has 19 heavy (non-hydrogen) atoms. The Hall–Kier alpha value is -2.01. The van der Waals surface area contributed by atoms with Gasteiger partial charge in [0.1, 0.15) is 0 Å². The van der Waals surface area contributed by atoms with Crippen LogP contribution in [0.2, 0.25) is 0 Å². The molecule has 0 aliphatic carbocycles. The second kappa shape index (κ2) is 4.59. The lowest BCUT2D eigenvalue weighted by Gasteiger charge is -2.06.